The maximum absolute atomic E-state index is 12.5. The largest absolute Gasteiger partial charge is 0.507 e. The summed E-state index contributed by atoms with van der Waals surface area (Å²) in [5, 5.41) is 12.9. The number of hydrogen-bond acceptors (Lipinski definition) is 2. The SMILES string of the molecule is O=C(Nc1ccccc1)c1ccccc1-c1ccccc1O. The zero-order valence-electron chi connectivity index (χ0n) is 11.9. The Morgan fingerprint density at radius 1 is 0.727 bits per heavy atom. The van der Waals surface area contributed by atoms with Crippen molar-refractivity contribution in [2.45, 2.75) is 0 Å². The fourth-order valence-corrected chi connectivity index (χ4v) is 2.34. The van der Waals surface area contributed by atoms with E-state index in [2.05, 4.69) is 5.32 Å². The van der Waals surface area contributed by atoms with Gasteiger partial charge < -0.3 is 10.4 Å². The normalized spacial score (nSPS) is 10.2. The minimum atomic E-state index is -0.204. The highest BCUT2D eigenvalue weighted by atomic mass is 16.3. The molecule has 3 rings (SSSR count). The molecule has 3 heteroatoms. The Hall–Kier alpha value is -3.07. The van der Waals surface area contributed by atoms with Gasteiger partial charge in [0.15, 0.2) is 0 Å². The zero-order valence-corrected chi connectivity index (χ0v) is 11.9. The van der Waals surface area contributed by atoms with Crippen LogP contribution in [-0.4, -0.2) is 11.0 Å². The van der Waals surface area contributed by atoms with Gasteiger partial charge in [-0.1, -0.05) is 54.6 Å². The van der Waals surface area contributed by atoms with E-state index in [4.69, 9.17) is 0 Å². The third-order valence-corrected chi connectivity index (χ3v) is 3.40. The zero-order chi connectivity index (χ0) is 15.4. The monoisotopic (exact) mass is 289 g/mol. The fraction of sp³-hybridized carbons (Fsp3) is 0. The summed E-state index contributed by atoms with van der Waals surface area (Å²) in [7, 11) is 0. The van der Waals surface area contributed by atoms with Crippen LogP contribution in [-0.2, 0) is 0 Å². The van der Waals surface area contributed by atoms with Crippen LogP contribution in [0.5, 0.6) is 5.75 Å². The van der Waals surface area contributed by atoms with E-state index >= 15 is 0 Å². The highest BCUT2D eigenvalue weighted by Gasteiger charge is 2.14. The predicted octanol–water partition coefficient (Wildman–Crippen LogP) is 4.31. The van der Waals surface area contributed by atoms with Gasteiger partial charge in [-0.3, -0.25) is 4.79 Å². The second-order valence-corrected chi connectivity index (χ2v) is 4.88. The van der Waals surface area contributed by atoms with E-state index in [1.54, 1.807) is 24.3 Å². The summed E-state index contributed by atoms with van der Waals surface area (Å²) in [6.07, 6.45) is 0. The minimum absolute atomic E-state index is 0.155. The molecule has 0 aromatic heterocycles. The third kappa shape index (κ3) is 2.83. The number of phenols is 1. The molecule has 1 amide bonds. The van der Waals surface area contributed by atoms with Crippen LogP contribution < -0.4 is 5.32 Å². The third-order valence-electron chi connectivity index (χ3n) is 3.40. The number of anilines is 1. The summed E-state index contributed by atoms with van der Waals surface area (Å²) < 4.78 is 0. The molecule has 0 aliphatic rings. The minimum Gasteiger partial charge on any atom is -0.507 e. The molecule has 0 aliphatic heterocycles. The van der Waals surface area contributed by atoms with Crippen molar-refractivity contribution in [3.63, 3.8) is 0 Å². The number of carbonyl (C=O) groups excluding carboxylic acids is 1. The van der Waals surface area contributed by atoms with Gasteiger partial charge in [0.05, 0.1) is 0 Å². The van der Waals surface area contributed by atoms with Crippen LogP contribution in [0.15, 0.2) is 78.9 Å². The lowest BCUT2D eigenvalue weighted by Crippen LogP contribution is -2.13. The van der Waals surface area contributed by atoms with Gasteiger partial charge in [0, 0.05) is 16.8 Å². The number of aromatic hydroxyl groups is 1. The first-order valence-corrected chi connectivity index (χ1v) is 6.99. The van der Waals surface area contributed by atoms with Crippen molar-refractivity contribution in [2.24, 2.45) is 0 Å². The van der Waals surface area contributed by atoms with E-state index in [1.165, 1.54) is 0 Å². The van der Waals surface area contributed by atoms with Gasteiger partial charge in [0.2, 0.25) is 0 Å². The molecule has 0 aliphatic carbocycles. The van der Waals surface area contributed by atoms with Crippen molar-refractivity contribution in [3.05, 3.63) is 84.4 Å². The lowest BCUT2D eigenvalue weighted by molar-refractivity contribution is 0.102. The van der Waals surface area contributed by atoms with Crippen molar-refractivity contribution >= 4 is 11.6 Å². The van der Waals surface area contributed by atoms with Crippen LogP contribution in [0.4, 0.5) is 5.69 Å². The van der Waals surface area contributed by atoms with Crippen molar-refractivity contribution < 1.29 is 9.90 Å². The van der Waals surface area contributed by atoms with Crippen LogP contribution in [0, 0.1) is 0 Å². The lowest BCUT2D eigenvalue weighted by Gasteiger charge is -2.11. The maximum atomic E-state index is 12.5. The van der Waals surface area contributed by atoms with Gasteiger partial charge >= 0.3 is 0 Å². The van der Waals surface area contributed by atoms with Gasteiger partial charge in [-0.25, -0.2) is 0 Å². The van der Waals surface area contributed by atoms with Gasteiger partial charge in [-0.2, -0.15) is 0 Å². The number of benzene rings is 3. The molecule has 0 spiro atoms. The quantitative estimate of drug-likeness (QED) is 0.754. The Morgan fingerprint density at radius 2 is 1.32 bits per heavy atom. The molecule has 0 atom stereocenters. The molecule has 2 N–H and O–H groups in total. The predicted molar refractivity (Wildman–Crippen MR) is 87.9 cm³/mol. The van der Waals surface area contributed by atoms with Crippen LogP contribution in [0.1, 0.15) is 10.4 Å². The Morgan fingerprint density at radius 3 is 2.05 bits per heavy atom. The molecule has 22 heavy (non-hydrogen) atoms. The van der Waals surface area contributed by atoms with Crippen LogP contribution in [0.3, 0.4) is 0 Å². The first-order chi connectivity index (χ1) is 10.8. The number of para-hydroxylation sites is 2. The molecule has 108 valence electrons. The average molecular weight is 289 g/mol. The van der Waals surface area contributed by atoms with E-state index in [0.717, 1.165) is 5.69 Å². The Labute approximate surface area is 128 Å². The first-order valence-electron chi connectivity index (χ1n) is 6.99. The second-order valence-electron chi connectivity index (χ2n) is 4.88. The van der Waals surface area contributed by atoms with E-state index < -0.39 is 0 Å². The molecule has 0 fully saturated rings. The standard InChI is InChI=1S/C19H15NO2/c21-18-13-7-6-11-16(18)15-10-4-5-12-17(15)19(22)20-14-8-2-1-3-9-14/h1-13,21H,(H,20,22). The van der Waals surface area contributed by atoms with Crippen molar-refractivity contribution in [1.82, 2.24) is 0 Å². The average Bonchev–Trinajstić information content (AvgIpc) is 2.56. The molecule has 0 radical (unpaired) electrons. The van der Waals surface area contributed by atoms with Crippen molar-refractivity contribution in [2.75, 3.05) is 5.32 Å². The molecule has 3 aromatic carbocycles. The molecular formula is C19H15NO2. The molecule has 3 aromatic rings. The van der Waals surface area contributed by atoms with Crippen LogP contribution in [0.25, 0.3) is 11.1 Å². The molecule has 0 bridgehead atoms. The van der Waals surface area contributed by atoms with Gasteiger partial charge in [0.1, 0.15) is 5.75 Å². The van der Waals surface area contributed by atoms with Crippen LogP contribution >= 0.6 is 0 Å². The van der Waals surface area contributed by atoms with E-state index in [1.807, 2.05) is 54.6 Å². The number of rotatable bonds is 3. The van der Waals surface area contributed by atoms with Crippen molar-refractivity contribution in [3.8, 4) is 16.9 Å². The fourth-order valence-electron chi connectivity index (χ4n) is 2.34. The summed E-state index contributed by atoms with van der Waals surface area (Å²) >= 11 is 0. The topological polar surface area (TPSA) is 49.3 Å². The Kier molecular flexibility index (Phi) is 3.88. The maximum Gasteiger partial charge on any atom is 0.256 e. The molecule has 0 unspecified atom stereocenters. The summed E-state index contributed by atoms with van der Waals surface area (Å²) in [5.74, 6) is -0.0486. The molecule has 0 heterocycles. The number of nitrogens with one attached hydrogen (secondary N) is 1. The van der Waals surface area contributed by atoms with E-state index in [-0.39, 0.29) is 11.7 Å². The van der Waals surface area contributed by atoms with Gasteiger partial charge in [-0.05, 0) is 29.8 Å². The Balaban J connectivity index is 1.98. The molecular weight excluding hydrogens is 274 g/mol. The number of amides is 1. The smallest absolute Gasteiger partial charge is 0.256 e. The number of carbonyl (C=O) groups is 1. The molecule has 0 saturated heterocycles. The van der Waals surface area contributed by atoms with Crippen LogP contribution in [0.2, 0.25) is 0 Å². The van der Waals surface area contributed by atoms with Gasteiger partial charge in [0.25, 0.3) is 5.91 Å². The number of phenolic OH excluding ortho intramolecular Hbond substituents is 1. The van der Waals surface area contributed by atoms with E-state index in [9.17, 15) is 9.90 Å². The lowest BCUT2D eigenvalue weighted by atomic mass is 9.98. The molecule has 3 nitrogen and oxygen atoms in total. The summed E-state index contributed by atoms with van der Waals surface area (Å²) in [4.78, 5) is 12.5. The Bertz CT molecular complexity index is 797. The second kappa shape index (κ2) is 6.14. The summed E-state index contributed by atoms with van der Waals surface area (Å²) in [6, 6.07) is 23.5. The van der Waals surface area contributed by atoms with E-state index in [0.29, 0.717) is 16.7 Å². The molecule has 0 saturated carbocycles. The summed E-state index contributed by atoms with van der Waals surface area (Å²) in [6.45, 7) is 0. The highest BCUT2D eigenvalue weighted by Crippen LogP contribution is 2.31. The first kappa shape index (κ1) is 13.9. The van der Waals surface area contributed by atoms with Gasteiger partial charge in [-0.15, -0.1) is 0 Å². The van der Waals surface area contributed by atoms with Crippen molar-refractivity contribution in [1.29, 1.82) is 0 Å². The summed E-state index contributed by atoms with van der Waals surface area (Å²) in [5.41, 5.74) is 2.60. The highest BCUT2D eigenvalue weighted by molar-refractivity contribution is 6.09. The number of hydrogen-bond donors (Lipinski definition) is 2.